The van der Waals surface area contributed by atoms with Crippen LogP contribution in [0.25, 0.3) is 0 Å². The zero-order valence-corrected chi connectivity index (χ0v) is 4.27. The fraction of sp³-hybridized carbons (Fsp3) is 0. The Labute approximate surface area is 49.9 Å². The van der Waals surface area contributed by atoms with Crippen LogP contribution in [0.3, 0.4) is 0 Å². The van der Waals surface area contributed by atoms with E-state index in [9.17, 15) is 0 Å². The molecule has 0 saturated carbocycles. The molecule has 6 heteroatoms. The molecule has 47 valence electrons. The quantitative estimate of drug-likeness (QED) is 0.296. The summed E-state index contributed by atoms with van der Waals surface area (Å²) in [5.74, 6) is 0.0489. The van der Waals surface area contributed by atoms with Gasteiger partial charge < -0.3 is 10.9 Å². The zero-order valence-electron chi connectivity index (χ0n) is 4.27. The lowest BCUT2D eigenvalue weighted by molar-refractivity contribution is 0.306. The third kappa shape index (κ3) is 0.958. The molecular weight excluding hydrogens is 124 g/mol. The van der Waals surface area contributed by atoms with Crippen molar-refractivity contribution in [2.45, 2.75) is 0 Å². The molecule has 0 amide bonds. The first-order valence-electron chi connectivity index (χ1n) is 2.02. The zero-order chi connectivity index (χ0) is 6.69. The van der Waals surface area contributed by atoms with E-state index in [4.69, 9.17) is 10.9 Å². The van der Waals surface area contributed by atoms with Crippen molar-refractivity contribution in [3.05, 3.63) is 5.69 Å². The lowest BCUT2D eigenvalue weighted by Gasteiger charge is -1.75. The summed E-state index contributed by atoms with van der Waals surface area (Å²) in [4.78, 5) is 0. The normalized spacial score (nSPS) is 10.7. The number of hydrogen-bond donors (Lipinski definition) is 2. The summed E-state index contributed by atoms with van der Waals surface area (Å²) in [5, 5.41) is 16.9. The van der Waals surface area contributed by atoms with Gasteiger partial charge in [0.1, 0.15) is 0 Å². The second-order valence-corrected chi connectivity index (χ2v) is 1.21. The highest BCUT2D eigenvalue weighted by Gasteiger charge is 2.01. The van der Waals surface area contributed by atoms with Gasteiger partial charge in [-0.15, -0.1) is 0 Å². The van der Waals surface area contributed by atoms with Crippen LogP contribution >= 0.6 is 0 Å². The van der Waals surface area contributed by atoms with E-state index in [2.05, 4.69) is 20.1 Å². The summed E-state index contributed by atoms with van der Waals surface area (Å²) in [6.07, 6.45) is 2.04. The fourth-order valence-electron chi connectivity index (χ4n) is 0.320. The van der Waals surface area contributed by atoms with E-state index in [1.807, 2.05) is 6.21 Å². The highest BCUT2D eigenvalue weighted by Crippen LogP contribution is 1.98. The van der Waals surface area contributed by atoms with Gasteiger partial charge in [0.25, 0.3) is 0 Å². The Kier molecular flexibility index (Phi) is 1.31. The molecule has 3 N–H and O–H groups in total. The Hall–Kier alpha value is -1.59. The van der Waals surface area contributed by atoms with Crippen molar-refractivity contribution in [2.75, 3.05) is 5.73 Å². The molecule has 0 saturated heterocycles. The van der Waals surface area contributed by atoms with Crippen molar-refractivity contribution >= 4 is 12.0 Å². The summed E-state index contributed by atoms with van der Waals surface area (Å²) < 4.78 is 4.14. The van der Waals surface area contributed by atoms with Crippen LogP contribution in [0, 0.1) is 0 Å². The number of nitrogen functional groups attached to an aromatic ring is 1. The maximum absolute atomic E-state index is 7.91. The first-order chi connectivity index (χ1) is 4.34. The third-order valence-corrected chi connectivity index (χ3v) is 0.670. The molecule has 9 heavy (non-hydrogen) atoms. The van der Waals surface area contributed by atoms with Crippen molar-refractivity contribution in [1.82, 2.24) is 10.3 Å². The summed E-state index contributed by atoms with van der Waals surface area (Å²) in [6.45, 7) is 0. The number of nitrogens with zero attached hydrogens (tertiary/aromatic N) is 3. The lowest BCUT2D eigenvalue weighted by Crippen LogP contribution is -1.90. The van der Waals surface area contributed by atoms with E-state index in [0.29, 0.717) is 0 Å². The molecule has 0 atom stereocenters. The summed E-state index contributed by atoms with van der Waals surface area (Å²) in [7, 11) is 0. The minimum atomic E-state index is 0.0489. The second-order valence-electron chi connectivity index (χ2n) is 1.21. The lowest BCUT2D eigenvalue weighted by atomic mass is 10.5. The maximum Gasteiger partial charge on any atom is 0.198 e. The Morgan fingerprint density at radius 1 is 1.67 bits per heavy atom. The maximum atomic E-state index is 7.91. The van der Waals surface area contributed by atoms with Crippen LogP contribution in [-0.4, -0.2) is 21.7 Å². The predicted octanol–water partition coefficient (Wildman–Crippen LogP) is -0.663. The minimum Gasteiger partial charge on any atom is -0.410 e. The van der Waals surface area contributed by atoms with Crippen molar-refractivity contribution in [3.8, 4) is 0 Å². The standard InChI is InChI=1S/C3H3N4O2/c4-3-2(1-5-8)6-9-7-3/h8H,(H2,4,7). The second kappa shape index (κ2) is 2.12. The predicted molar refractivity (Wildman–Crippen MR) is 27.0 cm³/mol. The van der Waals surface area contributed by atoms with Crippen LogP contribution in [0.4, 0.5) is 5.82 Å². The van der Waals surface area contributed by atoms with Gasteiger partial charge in [0.05, 0.1) is 0 Å². The van der Waals surface area contributed by atoms with Crippen molar-refractivity contribution in [1.29, 1.82) is 0 Å². The van der Waals surface area contributed by atoms with E-state index in [0.717, 1.165) is 0 Å². The molecule has 1 radical (unpaired) electrons. The molecule has 0 spiro atoms. The Morgan fingerprint density at radius 2 is 2.44 bits per heavy atom. The largest absolute Gasteiger partial charge is 0.410 e. The molecule has 1 heterocycles. The van der Waals surface area contributed by atoms with Gasteiger partial charge in [-0.3, -0.25) is 0 Å². The van der Waals surface area contributed by atoms with Gasteiger partial charge in [-0.25, -0.2) is 4.63 Å². The molecule has 1 aromatic heterocycles. The van der Waals surface area contributed by atoms with Gasteiger partial charge in [0.15, 0.2) is 17.7 Å². The average Bonchev–Trinajstić information content (AvgIpc) is 2.18. The monoisotopic (exact) mass is 127 g/mol. The van der Waals surface area contributed by atoms with Crippen LogP contribution in [0.5, 0.6) is 0 Å². The molecule has 0 aliphatic rings. The van der Waals surface area contributed by atoms with Crippen LogP contribution in [0.2, 0.25) is 0 Å². The third-order valence-electron chi connectivity index (χ3n) is 0.670. The van der Waals surface area contributed by atoms with Gasteiger partial charge in [0, 0.05) is 0 Å². The number of nitrogens with two attached hydrogens (primary N) is 1. The van der Waals surface area contributed by atoms with Gasteiger partial charge in [-0.2, -0.15) is 0 Å². The Balaban J connectivity index is 2.94. The minimum absolute atomic E-state index is 0.0489. The van der Waals surface area contributed by atoms with Crippen molar-refractivity contribution in [2.24, 2.45) is 5.16 Å². The molecule has 1 aromatic rings. The van der Waals surface area contributed by atoms with E-state index in [1.165, 1.54) is 0 Å². The first-order valence-corrected chi connectivity index (χ1v) is 2.02. The highest BCUT2D eigenvalue weighted by molar-refractivity contribution is 5.81. The smallest absolute Gasteiger partial charge is 0.198 e. The number of hydrogen-bond acceptors (Lipinski definition) is 6. The van der Waals surface area contributed by atoms with Crippen LogP contribution in [-0.2, 0) is 0 Å². The van der Waals surface area contributed by atoms with Crippen LogP contribution < -0.4 is 5.73 Å². The first kappa shape index (κ1) is 5.54. The molecule has 0 aliphatic heterocycles. The summed E-state index contributed by atoms with van der Waals surface area (Å²) in [5.41, 5.74) is 5.22. The molecule has 6 nitrogen and oxygen atoms in total. The molecule has 0 bridgehead atoms. The van der Waals surface area contributed by atoms with E-state index >= 15 is 0 Å². The number of rotatable bonds is 1. The number of anilines is 1. The molecular formula is C3H3N4O2. The van der Waals surface area contributed by atoms with Crippen molar-refractivity contribution in [3.63, 3.8) is 0 Å². The van der Waals surface area contributed by atoms with Gasteiger partial charge in [-0.05, 0) is 10.3 Å². The molecule has 0 unspecified atom stereocenters. The van der Waals surface area contributed by atoms with E-state index in [-0.39, 0.29) is 11.5 Å². The fourth-order valence-corrected chi connectivity index (χ4v) is 0.320. The molecule has 0 aliphatic carbocycles. The summed E-state index contributed by atoms with van der Waals surface area (Å²) >= 11 is 0. The van der Waals surface area contributed by atoms with Crippen LogP contribution in [0.15, 0.2) is 9.78 Å². The van der Waals surface area contributed by atoms with Crippen LogP contribution in [0.1, 0.15) is 5.69 Å². The highest BCUT2D eigenvalue weighted by atomic mass is 16.6. The Morgan fingerprint density at radius 3 is 2.89 bits per heavy atom. The van der Waals surface area contributed by atoms with E-state index in [1.54, 1.807) is 0 Å². The SMILES string of the molecule is Nc1nonc1/[C]=N/O. The van der Waals surface area contributed by atoms with Gasteiger partial charge in [0.2, 0.25) is 0 Å². The Bertz CT molecular complexity index is 217. The summed E-state index contributed by atoms with van der Waals surface area (Å²) in [6, 6.07) is 0. The topological polar surface area (TPSA) is 97.5 Å². The van der Waals surface area contributed by atoms with Gasteiger partial charge in [-0.1, -0.05) is 5.16 Å². The molecule has 1 rings (SSSR count). The van der Waals surface area contributed by atoms with Gasteiger partial charge >= 0.3 is 0 Å². The molecule has 0 aromatic carbocycles. The van der Waals surface area contributed by atoms with E-state index < -0.39 is 0 Å². The molecule has 0 fully saturated rings. The van der Waals surface area contributed by atoms with Crippen molar-refractivity contribution < 1.29 is 9.84 Å². The average molecular weight is 127 g/mol. The number of aromatic nitrogens is 2.